The summed E-state index contributed by atoms with van der Waals surface area (Å²) in [6.07, 6.45) is 5.70. The summed E-state index contributed by atoms with van der Waals surface area (Å²) in [4.78, 5) is 1.06. The molecule has 0 aliphatic carbocycles. The lowest BCUT2D eigenvalue weighted by molar-refractivity contribution is 0.349. The highest BCUT2D eigenvalue weighted by Crippen LogP contribution is 2.43. The monoisotopic (exact) mass is 347 g/mol. The van der Waals surface area contributed by atoms with Crippen LogP contribution in [0, 0.1) is 0 Å². The molecule has 0 aliphatic heterocycles. The largest absolute Gasteiger partial charge is 0.496 e. The van der Waals surface area contributed by atoms with Crippen LogP contribution in [0.15, 0.2) is 37.1 Å². The third-order valence-corrected chi connectivity index (χ3v) is 4.21. The molecule has 1 heterocycles. The van der Waals surface area contributed by atoms with E-state index in [0.29, 0.717) is 11.5 Å². The van der Waals surface area contributed by atoms with Gasteiger partial charge in [-0.3, -0.25) is 0 Å². The van der Waals surface area contributed by atoms with Crippen LogP contribution in [0.2, 0.25) is 0 Å². The maximum atomic E-state index is 5.50. The first-order chi connectivity index (χ1) is 11.6. The number of nitrogens with zero attached hydrogens (tertiary/aromatic N) is 1. The zero-order chi connectivity index (χ0) is 18.1. The van der Waals surface area contributed by atoms with Gasteiger partial charge in [0.25, 0.3) is 0 Å². The molecule has 4 nitrogen and oxygen atoms in total. The van der Waals surface area contributed by atoms with Crippen LogP contribution >= 0.6 is 11.5 Å². The van der Waals surface area contributed by atoms with Crippen molar-refractivity contribution in [1.82, 2.24) is 4.37 Å². The Hall–Kier alpha value is -2.27. The van der Waals surface area contributed by atoms with Gasteiger partial charge in [0.05, 0.1) is 26.2 Å². The molecule has 0 spiro atoms. The lowest BCUT2D eigenvalue weighted by Gasteiger charge is -2.14. The van der Waals surface area contributed by atoms with Crippen LogP contribution in [-0.4, -0.2) is 25.7 Å². The highest BCUT2D eigenvalue weighted by Gasteiger charge is 2.18. The Morgan fingerprint density at radius 3 is 2.08 bits per heavy atom. The number of ether oxygens (including phenoxy) is 3. The van der Waals surface area contributed by atoms with E-state index < -0.39 is 0 Å². The standard InChI is InChI=1S/C16H19NO3S.C3H6/c1-6-10(2)12-9-17-21-16(12)11-7-14(19-4)15(20-5)8-13(11)18-3;1-3-2/h6-9H,1-5H3;3H,1H2,2H3/b10-6+;. The molecule has 0 radical (unpaired) electrons. The fourth-order valence-corrected chi connectivity index (χ4v) is 2.91. The molecule has 5 heteroatoms. The topological polar surface area (TPSA) is 40.6 Å². The number of rotatable bonds is 5. The van der Waals surface area contributed by atoms with E-state index in [1.54, 1.807) is 27.4 Å². The van der Waals surface area contributed by atoms with Gasteiger partial charge in [0.2, 0.25) is 0 Å². The highest BCUT2D eigenvalue weighted by molar-refractivity contribution is 7.10. The summed E-state index contributed by atoms with van der Waals surface area (Å²) in [7, 11) is 4.88. The molecule has 0 amide bonds. The van der Waals surface area contributed by atoms with Crippen molar-refractivity contribution in [3.63, 3.8) is 0 Å². The normalized spacial score (nSPS) is 10.5. The Labute approximate surface area is 148 Å². The lowest BCUT2D eigenvalue weighted by atomic mass is 10.0. The maximum Gasteiger partial charge on any atom is 0.164 e. The Morgan fingerprint density at radius 1 is 1.04 bits per heavy atom. The molecule has 130 valence electrons. The van der Waals surface area contributed by atoms with E-state index in [9.17, 15) is 0 Å². The molecule has 0 saturated carbocycles. The first-order valence-electron chi connectivity index (χ1n) is 7.53. The number of aromatic nitrogens is 1. The quantitative estimate of drug-likeness (QED) is 0.674. The third-order valence-electron chi connectivity index (χ3n) is 3.38. The summed E-state index contributed by atoms with van der Waals surface area (Å²) in [6.45, 7) is 9.34. The summed E-state index contributed by atoms with van der Waals surface area (Å²) in [5.74, 6) is 2.06. The molecule has 0 bridgehead atoms. The molecular weight excluding hydrogens is 322 g/mol. The minimum Gasteiger partial charge on any atom is -0.496 e. The van der Waals surface area contributed by atoms with Gasteiger partial charge in [-0.15, -0.1) is 6.58 Å². The Kier molecular flexibility index (Phi) is 8.06. The van der Waals surface area contributed by atoms with Crippen LogP contribution in [0.4, 0.5) is 0 Å². The Balaban J connectivity index is 0.000000891. The first kappa shape index (κ1) is 19.8. The predicted molar refractivity (Wildman–Crippen MR) is 102 cm³/mol. The average molecular weight is 347 g/mol. The van der Waals surface area contributed by atoms with Crippen molar-refractivity contribution in [2.24, 2.45) is 0 Å². The minimum absolute atomic E-state index is 0.645. The smallest absolute Gasteiger partial charge is 0.164 e. The van der Waals surface area contributed by atoms with E-state index in [1.807, 2.05) is 32.2 Å². The van der Waals surface area contributed by atoms with Gasteiger partial charge in [-0.25, -0.2) is 0 Å². The summed E-state index contributed by atoms with van der Waals surface area (Å²) in [5, 5.41) is 0. The van der Waals surface area contributed by atoms with Gasteiger partial charge < -0.3 is 14.2 Å². The molecular formula is C19H25NO3S. The van der Waals surface area contributed by atoms with Crippen LogP contribution in [0.25, 0.3) is 16.0 Å². The van der Waals surface area contributed by atoms with Gasteiger partial charge in [-0.05, 0) is 43.9 Å². The SMILES string of the molecule is C/C=C(\C)c1cnsc1-c1cc(OC)c(OC)cc1OC.C=CC. The van der Waals surface area contributed by atoms with Gasteiger partial charge in [0, 0.05) is 23.4 Å². The van der Waals surface area contributed by atoms with Crippen molar-refractivity contribution in [1.29, 1.82) is 0 Å². The molecule has 1 aromatic heterocycles. The predicted octanol–water partition coefficient (Wildman–Crippen LogP) is 5.45. The van der Waals surface area contributed by atoms with Crippen LogP contribution in [0.1, 0.15) is 26.3 Å². The Morgan fingerprint density at radius 2 is 1.58 bits per heavy atom. The molecule has 0 atom stereocenters. The number of benzene rings is 1. The second-order valence-electron chi connectivity index (χ2n) is 4.86. The summed E-state index contributed by atoms with van der Waals surface area (Å²) >= 11 is 1.44. The van der Waals surface area contributed by atoms with E-state index in [0.717, 1.165) is 21.8 Å². The van der Waals surface area contributed by atoms with Crippen molar-refractivity contribution in [2.45, 2.75) is 20.8 Å². The van der Waals surface area contributed by atoms with Crippen molar-refractivity contribution >= 4 is 17.1 Å². The van der Waals surface area contributed by atoms with Crippen LogP contribution in [0.5, 0.6) is 17.2 Å². The van der Waals surface area contributed by atoms with Gasteiger partial charge in [0.1, 0.15) is 5.75 Å². The zero-order valence-electron chi connectivity index (χ0n) is 15.2. The van der Waals surface area contributed by atoms with Crippen LogP contribution in [0.3, 0.4) is 0 Å². The molecule has 24 heavy (non-hydrogen) atoms. The first-order valence-corrected chi connectivity index (χ1v) is 8.30. The molecule has 0 saturated heterocycles. The number of hydrogen-bond donors (Lipinski definition) is 0. The molecule has 2 aromatic rings. The molecule has 1 aromatic carbocycles. The third kappa shape index (κ3) is 4.38. The minimum atomic E-state index is 0.645. The number of hydrogen-bond acceptors (Lipinski definition) is 5. The van der Waals surface area contributed by atoms with Crippen molar-refractivity contribution in [2.75, 3.05) is 21.3 Å². The maximum absolute atomic E-state index is 5.50. The van der Waals surface area contributed by atoms with E-state index >= 15 is 0 Å². The molecule has 0 N–H and O–H groups in total. The zero-order valence-corrected chi connectivity index (χ0v) is 16.0. The number of methoxy groups -OCH3 is 3. The van der Waals surface area contributed by atoms with Crippen molar-refractivity contribution in [3.05, 3.63) is 42.6 Å². The van der Waals surface area contributed by atoms with E-state index in [1.165, 1.54) is 17.1 Å². The second kappa shape index (κ2) is 9.78. The van der Waals surface area contributed by atoms with Gasteiger partial charge in [-0.1, -0.05) is 12.2 Å². The lowest BCUT2D eigenvalue weighted by Crippen LogP contribution is -1.95. The fourth-order valence-electron chi connectivity index (χ4n) is 2.08. The average Bonchev–Trinajstić information content (AvgIpc) is 3.09. The summed E-state index contributed by atoms with van der Waals surface area (Å²) < 4.78 is 20.5. The molecule has 0 unspecified atom stereocenters. The molecule has 2 rings (SSSR count). The molecule has 0 aliphatic rings. The van der Waals surface area contributed by atoms with Crippen LogP contribution < -0.4 is 14.2 Å². The van der Waals surface area contributed by atoms with E-state index in [-0.39, 0.29) is 0 Å². The van der Waals surface area contributed by atoms with Gasteiger partial charge in [0.15, 0.2) is 11.5 Å². The summed E-state index contributed by atoms with van der Waals surface area (Å²) in [6, 6.07) is 3.76. The fraction of sp³-hybridized carbons (Fsp3) is 0.316. The van der Waals surface area contributed by atoms with E-state index in [2.05, 4.69) is 24.0 Å². The highest BCUT2D eigenvalue weighted by atomic mass is 32.1. The van der Waals surface area contributed by atoms with Gasteiger partial charge in [-0.2, -0.15) is 4.37 Å². The Bertz CT molecular complexity index is 705. The molecule has 0 fully saturated rings. The number of allylic oxidation sites excluding steroid dienone is 3. The van der Waals surface area contributed by atoms with Crippen LogP contribution in [-0.2, 0) is 0 Å². The van der Waals surface area contributed by atoms with Crippen molar-refractivity contribution in [3.8, 4) is 27.7 Å². The summed E-state index contributed by atoms with van der Waals surface area (Å²) in [5.41, 5.74) is 3.23. The van der Waals surface area contributed by atoms with Crippen molar-refractivity contribution < 1.29 is 14.2 Å². The van der Waals surface area contributed by atoms with Gasteiger partial charge >= 0.3 is 0 Å². The van der Waals surface area contributed by atoms with E-state index in [4.69, 9.17) is 14.2 Å². The second-order valence-corrected chi connectivity index (χ2v) is 5.66.